The Morgan fingerprint density at radius 1 is 0.604 bits per heavy atom. The van der Waals surface area contributed by atoms with Crippen molar-refractivity contribution in [2.24, 2.45) is 0 Å². The first-order valence-corrected chi connectivity index (χ1v) is 16.7. The molecule has 0 saturated carbocycles. The normalized spacial score (nSPS) is 12.3. The number of thioether (sulfide) groups is 1. The number of carbonyl (C=O) groups is 3. The van der Waals surface area contributed by atoms with E-state index in [0.29, 0.717) is 0 Å². The highest BCUT2D eigenvalue weighted by atomic mass is 32.2. The molecule has 2 atom stereocenters. The van der Waals surface area contributed by atoms with Crippen molar-refractivity contribution in [2.45, 2.75) is 29.9 Å². The molecule has 0 fully saturated rings. The van der Waals surface area contributed by atoms with E-state index in [4.69, 9.17) is 9.47 Å². The first-order valence-electron chi connectivity index (χ1n) is 15.7. The van der Waals surface area contributed by atoms with Crippen molar-refractivity contribution in [2.75, 3.05) is 12.9 Å². The zero-order chi connectivity index (χ0) is 33.6. The van der Waals surface area contributed by atoms with Crippen LogP contribution in [-0.4, -0.2) is 42.9 Å². The summed E-state index contributed by atoms with van der Waals surface area (Å²) in [5.41, 5.74) is 4.71. The summed E-state index contributed by atoms with van der Waals surface area (Å²) in [5, 5.41) is 5.61. The molecule has 2 N–H and O–H groups in total. The van der Waals surface area contributed by atoms with Crippen molar-refractivity contribution >= 4 is 29.7 Å². The molecule has 0 aliphatic rings. The Hall–Kier alpha value is -5.34. The summed E-state index contributed by atoms with van der Waals surface area (Å²) in [5.74, 6) is -0.951. The van der Waals surface area contributed by atoms with E-state index in [1.54, 1.807) is 0 Å². The van der Waals surface area contributed by atoms with Gasteiger partial charge < -0.3 is 20.1 Å². The molecule has 0 saturated heterocycles. The number of amides is 2. The van der Waals surface area contributed by atoms with Gasteiger partial charge in [0.15, 0.2) is 0 Å². The van der Waals surface area contributed by atoms with Crippen molar-refractivity contribution in [3.05, 3.63) is 179 Å². The summed E-state index contributed by atoms with van der Waals surface area (Å²) >= 11 is 1.53. The molecule has 48 heavy (non-hydrogen) atoms. The lowest BCUT2D eigenvalue weighted by molar-refractivity contribution is -0.144. The van der Waals surface area contributed by atoms with E-state index in [9.17, 15) is 14.4 Å². The Labute approximate surface area is 285 Å². The van der Waals surface area contributed by atoms with Gasteiger partial charge in [0.05, 0.1) is 11.9 Å². The molecular weight excluding hydrogens is 621 g/mol. The Balaban J connectivity index is 1.41. The van der Waals surface area contributed by atoms with Gasteiger partial charge in [0.2, 0.25) is 5.91 Å². The van der Waals surface area contributed by atoms with Gasteiger partial charge in [-0.15, -0.1) is 11.8 Å². The molecule has 5 rings (SSSR count). The molecule has 5 aromatic rings. The van der Waals surface area contributed by atoms with Crippen LogP contribution in [0.5, 0.6) is 0 Å². The minimum atomic E-state index is -1.02. The quantitative estimate of drug-likeness (QED) is 0.0996. The topological polar surface area (TPSA) is 93.7 Å². The molecular formula is C40H38N2O5S. The standard InChI is InChI=1S/C40H38N2O5S/c1-46-38(44)36(29-48-40(32-21-11-4-12-22-32,33-23-13-5-14-24-33)34-25-15-6-16-26-34)41-37(43)35(27-30-17-7-2-8-18-30)42-39(45)47-28-31-19-9-3-10-20-31/h2-26,35-36H,27-29H2,1H3,(H,41,43)(H,42,45)/t35-,36-/m0/s1. The highest BCUT2D eigenvalue weighted by Gasteiger charge is 2.39. The number of hydrogen-bond donors (Lipinski definition) is 2. The van der Waals surface area contributed by atoms with Gasteiger partial charge in [-0.2, -0.15) is 0 Å². The first kappa shape index (κ1) is 34.0. The van der Waals surface area contributed by atoms with Crippen LogP contribution >= 0.6 is 11.8 Å². The Kier molecular flexibility index (Phi) is 12.0. The summed E-state index contributed by atoms with van der Waals surface area (Å²) in [6, 6.07) is 46.9. The summed E-state index contributed by atoms with van der Waals surface area (Å²) in [7, 11) is 1.30. The van der Waals surface area contributed by atoms with Crippen LogP contribution in [0, 0.1) is 0 Å². The monoisotopic (exact) mass is 658 g/mol. The van der Waals surface area contributed by atoms with Crippen molar-refractivity contribution in [1.82, 2.24) is 10.6 Å². The zero-order valence-electron chi connectivity index (χ0n) is 26.7. The molecule has 8 heteroatoms. The smallest absolute Gasteiger partial charge is 0.408 e. The molecule has 244 valence electrons. The van der Waals surface area contributed by atoms with Gasteiger partial charge >= 0.3 is 12.1 Å². The van der Waals surface area contributed by atoms with E-state index in [2.05, 4.69) is 47.0 Å². The van der Waals surface area contributed by atoms with E-state index >= 15 is 0 Å². The number of rotatable bonds is 14. The summed E-state index contributed by atoms with van der Waals surface area (Å²) < 4.78 is 9.90. The van der Waals surface area contributed by atoms with Gasteiger partial charge in [-0.1, -0.05) is 152 Å². The third-order valence-corrected chi connectivity index (χ3v) is 9.55. The van der Waals surface area contributed by atoms with E-state index < -0.39 is 34.8 Å². The number of esters is 1. The van der Waals surface area contributed by atoms with Crippen LogP contribution in [0.15, 0.2) is 152 Å². The molecule has 2 amide bonds. The second kappa shape index (κ2) is 17.0. The fourth-order valence-corrected chi connectivity index (χ4v) is 7.07. The third-order valence-electron chi connectivity index (χ3n) is 7.91. The lowest BCUT2D eigenvalue weighted by atomic mass is 9.84. The van der Waals surface area contributed by atoms with Gasteiger partial charge in [-0.25, -0.2) is 9.59 Å². The largest absolute Gasteiger partial charge is 0.467 e. The minimum Gasteiger partial charge on any atom is -0.467 e. The number of carbonyl (C=O) groups excluding carboxylic acids is 3. The number of hydrogen-bond acceptors (Lipinski definition) is 6. The average molecular weight is 659 g/mol. The average Bonchev–Trinajstić information content (AvgIpc) is 3.15. The number of benzene rings is 5. The van der Waals surface area contributed by atoms with Crippen molar-refractivity contribution in [1.29, 1.82) is 0 Å². The van der Waals surface area contributed by atoms with Crippen LogP contribution in [0.4, 0.5) is 4.79 Å². The minimum absolute atomic E-state index is 0.0499. The molecule has 0 unspecified atom stereocenters. The van der Waals surface area contributed by atoms with Crippen molar-refractivity contribution < 1.29 is 23.9 Å². The van der Waals surface area contributed by atoms with Gasteiger partial charge in [-0.05, 0) is 27.8 Å². The highest BCUT2D eigenvalue weighted by Crippen LogP contribution is 2.48. The molecule has 0 aliphatic carbocycles. The molecule has 0 aliphatic heterocycles. The van der Waals surface area contributed by atoms with E-state index in [0.717, 1.165) is 27.8 Å². The molecule has 0 aromatic heterocycles. The molecule has 0 bridgehead atoms. The summed E-state index contributed by atoms with van der Waals surface area (Å²) in [6.07, 6.45) is -0.550. The molecule has 5 aromatic carbocycles. The third kappa shape index (κ3) is 8.72. The Bertz CT molecular complexity index is 1640. The number of alkyl carbamates (subject to hydrolysis) is 1. The number of nitrogens with one attached hydrogen (secondary N) is 2. The second-order valence-corrected chi connectivity index (χ2v) is 12.4. The fourth-order valence-electron chi connectivity index (χ4n) is 5.53. The van der Waals surface area contributed by atoms with Crippen LogP contribution in [0.25, 0.3) is 0 Å². The Morgan fingerprint density at radius 2 is 1.04 bits per heavy atom. The maximum atomic E-state index is 13.9. The molecule has 7 nitrogen and oxygen atoms in total. The zero-order valence-corrected chi connectivity index (χ0v) is 27.5. The van der Waals surface area contributed by atoms with Gasteiger partial charge in [-0.3, -0.25) is 4.79 Å². The maximum absolute atomic E-state index is 13.9. The maximum Gasteiger partial charge on any atom is 0.408 e. The van der Waals surface area contributed by atoms with Gasteiger partial charge in [0, 0.05) is 12.2 Å². The predicted octanol–water partition coefficient (Wildman–Crippen LogP) is 6.91. The Morgan fingerprint density at radius 3 is 1.50 bits per heavy atom. The van der Waals surface area contributed by atoms with E-state index in [1.165, 1.54) is 18.9 Å². The van der Waals surface area contributed by atoms with Crippen molar-refractivity contribution in [3.8, 4) is 0 Å². The summed E-state index contributed by atoms with van der Waals surface area (Å²) in [4.78, 5) is 40.1. The van der Waals surface area contributed by atoms with Crippen LogP contribution in [-0.2, 0) is 36.8 Å². The SMILES string of the molecule is COC(=O)[C@H](CSC(c1ccccc1)(c1ccccc1)c1ccccc1)NC(=O)[C@H](Cc1ccccc1)NC(=O)OCc1ccccc1. The lowest BCUT2D eigenvalue weighted by Crippen LogP contribution is -2.53. The first-order chi connectivity index (χ1) is 23.5. The summed E-state index contributed by atoms with van der Waals surface area (Å²) in [6.45, 7) is 0.0499. The van der Waals surface area contributed by atoms with Crippen LogP contribution in [0.2, 0.25) is 0 Å². The van der Waals surface area contributed by atoms with Gasteiger partial charge in [0.1, 0.15) is 18.7 Å². The lowest BCUT2D eigenvalue weighted by Gasteiger charge is -2.36. The molecule has 0 heterocycles. The molecule has 0 radical (unpaired) electrons. The fraction of sp³-hybridized carbons (Fsp3) is 0.175. The van der Waals surface area contributed by atoms with Crippen LogP contribution < -0.4 is 10.6 Å². The van der Waals surface area contributed by atoms with Crippen LogP contribution in [0.3, 0.4) is 0 Å². The number of methoxy groups -OCH3 is 1. The van der Waals surface area contributed by atoms with Crippen molar-refractivity contribution in [3.63, 3.8) is 0 Å². The van der Waals surface area contributed by atoms with Gasteiger partial charge in [0.25, 0.3) is 0 Å². The second-order valence-electron chi connectivity index (χ2n) is 11.1. The molecule has 0 spiro atoms. The number of ether oxygens (including phenoxy) is 2. The van der Waals surface area contributed by atoms with E-state index in [-0.39, 0.29) is 18.8 Å². The van der Waals surface area contributed by atoms with Crippen LogP contribution in [0.1, 0.15) is 27.8 Å². The predicted molar refractivity (Wildman–Crippen MR) is 189 cm³/mol. The highest BCUT2D eigenvalue weighted by molar-refractivity contribution is 8.00. The van der Waals surface area contributed by atoms with E-state index in [1.807, 2.05) is 115 Å².